The molecule has 0 bridgehead atoms. The Morgan fingerprint density at radius 1 is 0.947 bits per heavy atom. The first kappa shape index (κ1) is 15.4. The first-order valence-corrected chi connectivity index (χ1v) is 8.61. The highest BCUT2D eigenvalue weighted by Gasteiger charge is 2.58. The van der Waals surface area contributed by atoms with Crippen LogP contribution in [0.1, 0.15) is 74.7 Å². The number of rotatable bonds is 1. The van der Waals surface area contributed by atoms with Gasteiger partial charge in [-0.05, 0) is 59.2 Å². The van der Waals surface area contributed by atoms with Crippen LogP contribution in [-0.2, 0) is 0 Å². The van der Waals surface area contributed by atoms with Crippen molar-refractivity contribution in [3.63, 3.8) is 0 Å². The lowest BCUT2D eigenvalue weighted by Crippen LogP contribution is -2.37. The summed E-state index contributed by atoms with van der Waals surface area (Å²) >= 11 is 0. The van der Waals surface area contributed by atoms with E-state index in [-0.39, 0.29) is 0 Å². The molecular weight excluding hydrogens is 228 g/mol. The SMILES string of the molecule is CC(C)C1CCC(C)C(C)C2C(C)C(C)(C)CC12C. The van der Waals surface area contributed by atoms with Gasteiger partial charge in [-0.25, -0.2) is 0 Å². The number of fused-ring (bicyclic) bond motifs is 1. The largest absolute Gasteiger partial charge is 0.0625 e. The van der Waals surface area contributed by atoms with Crippen LogP contribution in [0.25, 0.3) is 0 Å². The zero-order chi connectivity index (χ0) is 14.6. The lowest BCUT2D eigenvalue weighted by Gasteiger charge is -2.43. The van der Waals surface area contributed by atoms with Gasteiger partial charge in [-0.3, -0.25) is 0 Å². The van der Waals surface area contributed by atoms with Crippen LogP contribution in [0.4, 0.5) is 0 Å². The van der Waals surface area contributed by atoms with E-state index in [1.54, 1.807) is 0 Å². The molecule has 0 heterocycles. The maximum absolute atomic E-state index is 2.64. The summed E-state index contributed by atoms with van der Waals surface area (Å²) in [4.78, 5) is 0. The van der Waals surface area contributed by atoms with Crippen molar-refractivity contribution in [2.45, 2.75) is 74.7 Å². The first-order valence-electron chi connectivity index (χ1n) is 8.61. The quantitative estimate of drug-likeness (QED) is 0.544. The summed E-state index contributed by atoms with van der Waals surface area (Å²) in [5.74, 6) is 5.36. The smallest absolute Gasteiger partial charge is 0.0256 e. The highest BCUT2D eigenvalue weighted by atomic mass is 14.6. The van der Waals surface area contributed by atoms with Crippen LogP contribution in [0.15, 0.2) is 0 Å². The average Bonchev–Trinajstić information content (AvgIpc) is 2.37. The Labute approximate surface area is 121 Å². The lowest BCUT2D eigenvalue weighted by molar-refractivity contribution is 0.0469. The topological polar surface area (TPSA) is 0 Å². The van der Waals surface area contributed by atoms with Crippen molar-refractivity contribution in [3.8, 4) is 0 Å². The van der Waals surface area contributed by atoms with Gasteiger partial charge >= 0.3 is 0 Å². The second-order valence-electron chi connectivity index (χ2n) is 9.25. The molecule has 2 fully saturated rings. The maximum atomic E-state index is 2.64. The third-order valence-corrected chi connectivity index (χ3v) is 7.42. The third-order valence-electron chi connectivity index (χ3n) is 7.42. The van der Waals surface area contributed by atoms with E-state index in [1.165, 1.54) is 19.3 Å². The molecule has 0 radical (unpaired) electrons. The molecule has 0 aromatic carbocycles. The van der Waals surface area contributed by atoms with E-state index in [4.69, 9.17) is 0 Å². The average molecular weight is 264 g/mol. The zero-order valence-corrected chi connectivity index (χ0v) is 14.6. The fourth-order valence-corrected chi connectivity index (χ4v) is 6.24. The zero-order valence-electron chi connectivity index (χ0n) is 14.6. The van der Waals surface area contributed by atoms with Crippen LogP contribution in [0.3, 0.4) is 0 Å². The van der Waals surface area contributed by atoms with Crippen LogP contribution < -0.4 is 0 Å². The summed E-state index contributed by atoms with van der Waals surface area (Å²) < 4.78 is 0. The fourth-order valence-electron chi connectivity index (χ4n) is 6.24. The van der Waals surface area contributed by atoms with Crippen LogP contribution in [0.2, 0.25) is 0 Å². The molecular formula is C19H36. The molecule has 2 saturated carbocycles. The predicted octanol–water partition coefficient (Wildman–Crippen LogP) is 6.01. The van der Waals surface area contributed by atoms with Gasteiger partial charge in [0.2, 0.25) is 0 Å². The molecule has 0 heteroatoms. The minimum Gasteiger partial charge on any atom is -0.0625 e. The van der Waals surface area contributed by atoms with Crippen molar-refractivity contribution in [1.82, 2.24) is 0 Å². The van der Waals surface area contributed by atoms with Crippen molar-refractivity contribution < 1.29 is 0 Å². The summed E-state index contributed by atoms with van der Waals surface area (Å²) in [5, 5.41) is 0. The van der Waals surface area contributed by atoms with Gasteiger partial charge in [0.25, 0.3) is 0 Å². The Hall–Kier alpha value is 0. The summed E-state index contributed by atoms with van der Waals surface area (Å²) in [6, 6.07) is 0. The van der Waals surface area contributed by atoms with Gasteiger partial charge < -0.3 is 0 Å². The maximum Gasteiger partial charge on any atom is -0.0256 e. The summed E-state index contributed by atoms with van der Waals surface area (Å²) in [6.07, 6.45) is 4.34. The molecule has 0 nitrogen and oxygen atoms in total. The first-order chi connectivity index (χ1) is 8.61. The summed E-state index contributed by atoms with van der Waals surface area (Å²) in [7, 11) is 0. The Balaban J connectivity index is 2.46. The molecule has 0 aliphatic heterocycles. The second kappa shape index (κ2) is 4.78. The molecule has 2 aliphatic carbocycles. The van der Waals surface area contributed by atoms with Gasteiger partial charge in [0.05, 0.1) is 0 Å². The van der Waals surface area contributed by atoms with Crippen LogP contribution in [0.5, 0.6) is 0 Å². The molecule has 0 aromatic rings. The van der Waals surface area contributed by atoms with E-state index in [9.17, 15) is 0 Å². The fraction of sp³-hybridized carbons (Fsp3) is 1.00. The molecule has 0 spiro atoms. The van der Waals surface area contributed by atoms with Crippen molar-refractivity contribution in [2.24, 2.45) is 46.3 Å². The molecule has 0 N–H and O–H groups in total. The second-order valence-corrected chi connectivity index (χ2v) is 9.25. The monoisotopic (exact) mass is 264 g/mol. The van der Waals surface area contributed by atoms with Crippen LogP contribution >= 0.6 is 0 Å². The molecule has 0 aromatic heterocycles. The van der Waals surface area contributed by atoms with E-state index < -0.39 is 0 Å². The van der Waals surface area contributed by atoms with Gasteiger partial charge in [-0.15, -0.1) is 0 Å². The summed E-state index contributed by atoms with van der Waals surface area (Å²) in [6.45, 7) is 20.2. The summed E-state index contributed by atoms with van der Waals surface area (Å²) in [5.41, 5.74) is 1.10. The Morgan fingerprint density at radius 3 is 2.05 bits per heavy atom. The third kappa shape index (κ3) is 2.28. The van der Waals surface area contributed by atoms with Gasteiger partial charge in [0, 0.05) is 0 Å². The van der Waals surface area contributed by atoms with E-state index in [1.807, 2.05) is 0 Å². The van der Waals surface area contributed by atoms with Gasteiger partial charge in [-0.1, -0.05) is 61.8 Å². The highest BCUT2D eigenvalue weighted by molar-refractivity contribution is 5.07. The van der Waals surface area contributed by atoms with Gasteiger partial charge in [-0.2, -0.15) is 0 Å². The van der Waals surface area contributed by atoms with Crippen molar-refractivity contribution >= 4 is 0 Å². The Morgan fingerprint density at radius 2 is 1.53 bits per heavy atom. The van der Waals surface area contributed by atoms with Gasteiger partial charge in [0.1, 0.15) is 0 Å². The molecule has 0 amide bonds. The van der Waals surface area contributed by atoms with Crippen LogP contribution in [0, 0.1) is 46.3 Å². The molecule has 0 saturated heterocycles. The Kier molecular flexibility index (Phi) is 3.87. The standard InChI is InChI=1S/C19H36/c1-12(2)16-10-9-13(3)14(4)17-15(5)18(6,7)11-19(16,17)8/h12-17H,9-11H2,1-8H3. The minimum atomic E-state index is 0.526. The Bertz CT molecular complexity index is 327. The predicted molar refractivity (Wildman–Crippen MR) is 85.0 cm³/mol. The van der Waals surface area contributed by atoms with E-state index >= 15 is 0 Å². The molecule has 6 atom stereocenters. The molecule has 112 valence electrons. The highest BCUT2D eigenvalue weighted by Crippen LogP contribution is 2.66. The minimum absolute atomic E-state index is 0.526. The number of hydrogen-bond acceptors (Lipinski definition) is 0. The van der Waals surface area contributed by atoms with E-state index in [0.29, 0.717) is 10.8 Å². The molecule has 2 rings (SSSR count). The normalized spacial score (nSPS) is 50.1. The van der Waals surface area contributed by atoms with Crippen LogP contribution in [-0.4, -0.2) is 0 Å². The van der Waals surface area contributed by atoms with Gasteiger partial charge in [0.15, 0.2) is 0 Å². The number of hydrogen-bond donors (Lipinski definition) is 0. The van der Waals surface area contributed by atoms with E-state index in [2.05, 4.69) is 55.4 Å². The molecule has 2 aliphatic rings. The van der Waals surface area contributed by atoms with Crippen molar-refractivity contribution in [1.29, 1.82) is 0 Å². The molecule has 19 heavy (non-hydrogen) atoms. The van der Waals surface area contributed by atoms with Crippen molar-refractivity contribution in [3.05, 3.63) is 0 Å². The van der Waals surface area contributed by atoms with Crippen molar-refractivity contribution in [2.75, 3.05) is 0 Å². The lowest BCUT2D eigenvalue weighted by atomic mass is 9.61. The molecule has 6 unspecified atom stereocenters. The van der Waals surface area contributed by atoms with E-state index in [0.717, 1.165) is 35.5 Å².